The Hall–Kier alpha value is -2.45. The lowest BCUT2D eigenvalue weighted by Crippen LogP contribution is -2.12. The Morgan fingerprint density at radius 3 is 2.63 bits per heavy atom. The zero-order valence-electron chi connectivity index (χ0n) is 14.8. The summed E-state index contributed by atoms with van der Waals surface area (Å²) >= 11 is 2.63. The van der Waals surface area contributed by atoms with E-state index < -0.39 is 0 Å². The molecule has 0 aliphatic rings. The van der Waals surface area contributed by atoms with Crippen LogP contribution in [0.3, 0.4) is 0 Å². The van der Waals surface area contributed by atoms with Gasteiger partial charge in [-0.1, -0.05) is 41.3 Å². The van der Waals surface area contributed by atoms with Crippen LogP contribution in [-0.4, -0.2) is 22.2 Å². The van der Waals surface area contributed by atoms with Crippen LogP contribution in [0.25, 0.3) is 0 Å². The molecule has 3 rings (SSSR count). The first-order valence-corrected chi connectivity index (χ1v) is 10.1. The number of hydrogen-bond donors (Lipinski definition) is 1. The first-order chi connectivity index (χ1) is 13.0. The third-order valence-electron chi connectivity index (χ3n) is 3.42. The number of benzene rings is 2. The Balaban J connectivity index is 1.57. The van der Waals surface area contributed by atoms with Crippen LogP contribution in [0.4, 0.5) is 9.52 Å². The smallest absolute Gasteiger partial charge is 0.257 e. The first kappa shape index (κ1) is 19.3. The van der Waals surface area contributed by atoms with Gasteiger partial charge in [-0.05, 0) is 49.7 Å². The van der Waals surface area contributed by atoms with Gasteiger partial charge in [-0.3, -0.25) is 10.1 Å². The average molecular weight is 404 g/mol. The highest BCUT2D eigenvalue weighted by molar-refractivity contribution is 8.00. The van der Waals surface area contributed by atoms with Crippen molar-refractivity contribution in [1.82, 2.24) is 10.2 Å². The Bertz CT molecular complexity index is 913. The number of ether oxygens (including phenoxy) is 1. The minimum Gasteiger partial charge on any atom is -0.491 e. The molecule has 0 aliphatic carbocycles. The molecule has 2 aromatic carbocycles. The molecule has 0 unspecified atom stereocenters. The molecule has 1 N–H and O–H groups in total. The fourth-order valence-corrected chi connectivity index (χ4v) is 3.93. The number of nitrogens with zero attached hydrogens (tertiary/aromatic N) is 2. The summed E-state index contributed by atoms with van der Waals surface area (Å²) in [6.45, 7) is 3.88. The van der Waals surface area contributed by atoms with Crippen LogP contribution in [0.2, 0.25) is 0 Å². The second kappa shape index (κ2) is 8.96. The predicted octanol–water partition coefficient (Wildman–Crippen LogP) is 5.01. The van der Waals surface area contributed by atoms with Gasteiger partial charge in [-0.2, -0.15) is 0 Å². The number of carbonyl (C=O) groups is 1. The maximum Gasteiger partial charge on any atom is 0.257 e. The Kier molecular flexibility index (Phi) is 6.41. The Morgan fingerprint density at radius 1 is 1.19 bits per heavy atom. The van der Waals surface area contributed by atoms with Gasteiger partial charge in [0.15, 0.2) is 4.34 Å². The molecular weight excluding hydrogens is 385 g/mol. The van der Waals surface area contributed by atoms with Gasteiger partial charge in [-0.25, -0.2) is 4.39 Å². The highest BCUT2D eigenvalue weighted by Crippen LogP contribution is 2.29. The van der Waals surface area contributed by atoms with Crippen molar-refractivity contribution in [3.63, 3.8) is 0 Å². The van der Waals surface area contributed by atoms with Crippen molar-refractivity contribution in [2.45, 2.75) is 30.0 Å². The predicted molar refractivity (Wildman–Crippen MR) is 106 cm³/mol. The normalized spacial score (nSPS) is 10.8. The van der Waals surface area contributed by atoms with E-state index >= 15 is 0 Å². The van der Waals surface area contributed by atoms with E-state index in [0.29, 0.717) is 32.1 Å². The molecule has 8 heteroatoms. The second-order valence-electron chi connectivity index (χ2n) is 5.90. The fraction of sp³-hybridized carbons (Fsp3) is 0.211. The molecule has 27 heavy (non-hydrogen) atoms. The quantitative estimate of drug-likeness (QED) is 0.444. The number of nitrogens with one attached hydrogen (secondary N) is 1. The summed E-state index contributed by atoms with van der Waals surface area (Å²) in [4.78, 5) is 12.3. The summed E-state index contributed by atoms with van der Waals surface area (Å²) in [6, 6.07) is 13.5. The third-order valence-corrected chi connectivity index (χ3v) is 5.45. The number of rotatable bonds is 7. The van der Waals surface area contributed by atoms with Crippen molar-refractivity contribution < 1.29 is 13.9 Å². The summed E-state index contributed by atoms with van der Waals surface area (Å²) in [5.41, 5.74) is 1.11. The maximum absolute atomic E-state index is 13.6. The van der Waals surface area contributed by atoms with Crippen molar-refractivity contribution in [1.29, 1.82) is 0 Å². The van der Waals surface area contributed by atoms with E-state index in [4.69, 9.17) is 4.74 Å². The molecule has 0 radical (unpaired) electrons. The highest BCUT2D eigenvalue weighted by Gasteiger charge is 2.12. The van der Waals surface area contributed by atoms with Crippen LogP contribution in [0.1, 0.15) is 29.8 Å². The summed E-state index contributed by atoms with van der Waals surface area (Å²) < 4.78 is 19.9. The van der Waals surface area contributed by atoms with Gasteiger partial charge in [0.25, 0.3) is 5.91 Å². The topological polar surface area (TPSA) is 64.1 Å². The Morgan fingerprint density at radius 2 is 1.93 bits per heavy atom. The number of carbonyl (C=O) groups excluding carboxylic acids is 1. The van der Waals surface area contributed by atoms with Crippen LogP contribution in [0.5, 0.6) is 5.75 Å². The average Bonchev–Trinajstić information content (AvgIpc) is 3.08. The molecule has 0 saturated carbocycles. The lowest BCUT2D eigenvalue weighted by atomic mass is 10.2. The van der Waals surface area contributed by atoms with Crippen molar-refractivity contribution in [3.8, 4) is 5.75 Å². The molecule has 0 fully saturated rings. The summed E-state index contributed by atoms with van der Waals surface area (Å²) in [5, 5.41) is 11.1. The number of amides is 1. The van der Waals surface area contributed by atoms with Gasteiger partial charge in [0.2, 0.25) is 5.13 Å². The van der Waals surface area contributed by atoms with Crippen molar-refractivity contribution in [2.24, 2.45) is 0 Å². The molecule has 5 nitrogen and oxygen atoms in total. The minimum absolute atomic E-state index is 0.0753. The van der Waals surface area contributed by atoms with Gasteiger partial charge in [-0.15, -0.1) is 10.2 Å². The zero-order chi connectivity index (χ0) is 19.2. The molecule has 3 aromatic rings. The van der Waals surface area contributed by atoms with Gasteiger partial charge < -0.3 is 4.74 Å². The number of anilines is 1. The van der Waals surface area contributed by atoms with E-state index in [1.807, 2.05) is 13.8 Å². The largest absolute Gasteiger partial charge is 0.491 e. The molecule has 0 atom stereocenters. The highest BCUT2D eigenvalue weighted by atomic mass is 32.2. The monoisotopic (exact) mass is 403 g/mol. The number of halogens is 1. The molecular formula is C19H18FN3O2S2. The van der Waals surface area contributed by atoms with Crippen LogP contribution in [0, 0.1) is 5.82 Å². The van der Waals surface area contributed by atoms with Crippen molar-refractivity contribution in [2.75, 3.05) is 5.32 Å². The molecule has 0 aliphatic heterocycles. The van der Waals surface area contributed by atoms with Crippen LogP contribution < -0.4 is 10.1 Å². The fourth-order valence-electron chi connectivity index (χ4n) is 2.20. The van der Waals surface area contributed by atoms with E-state index in [2.05, 4.69) is 15.5 Å². The molecule has 0 bridgehead atoms. The molecule has 0 spiro atoms. The zero-order valence-corrected chi connectivity index (χ0v) is 16.4. The molecule has 1 amide bonds. The number of aromatic nitrogens is 2. The Labute approximate surface area is 165 Å². The lowest BCUT2D eigenvalue weighted by molar-refractivity contribution is 0.102. The van der Waals surface area contributed by atoms with E-state index in [0.717, 1.165) is 0 Å². The summed E-state index contributed by atoms with van der Waals surface area (Å²) in [7, 11) is 0. The molecule has 0 saturated heterocycles. The van der Waals surface area contributed by atoms with E-state index in [1.165, 1.54) is 29.2 Å². The van der Waals surface area contributed by atoms with E-state index in [1.54, 1.807) is 42.5 Å². The van der Waals surface area contributed by atoms with Crippen molar-refractivity contribution in [3.05, 3.63) is 65.5 Å². The number of hydrogen-bond acceptors (Lipinski definition) is 6. The van der Waals surface area contributed by atoms with Crippen LogP contribution >= 0.6 is 23.1 Å². The minimum atomic E-state index is -0.270. The maximum atomic E-state index is 13.6. The van der Waals surface area contributed by atoms with Gasteiger partial charge in [0, 0.05) is 11.3 Å². The lowest BCUT2D eigenvalue weighted by Gasteiger charge is -2.09. The third kappa shape index (κ3) is 5.51. The van der Waals surface area contributed by atoms with Crippen LogP contribution in [-0.2, 0) is 5.75 Å². The number of thioether (sulfide) groups is 1. The van der Waals surface area contributed by atoms with E-state index in [9.17, 15) is 9.18 Å². The second-order valence-corrected chi connectivity index (χ2v) is 8.10. The summed E-state index contributed by atoms with van der Waals surface area (Å²) in [5.74, 6) is 0.650. The van der Waals surface area contributed by atoms with Crippen molar-refractivity contribution >= 4 is 34.1 Å². The van der Waals surface area contributed by atoms with Gasteiger partial charge in [0.05, 0.1) is 6.10 Å². The molecule has 140 valence electrons. The SMILES string of the molecule is CC(C)Oc1ccc(C(=O)Nc2nnc(SCc3ccccc3F)s2)cc1. The standard InChI is InChI=1S/C19H18FN3O2S2/c1-12(2)25-15-9-7-13(8-10-15)17(24)21-18-22-23-19(27-18)26-11-14-5-3-4-6-16(14)20/h3-10,12H,11H2,1-2H3,(H,21,22,24). The van der Waals surface area contributed by atoms with E-state index in [-0.39, 0.29) is 17.8 Å². The summed E-state index contributed by atoms with van der Waals surface area (Å²) in [6.07, 6.45) is 0.0753. The van der Waals surface area contributed by atoms with Gasteiger partial charge in [0.1, 0.15) is 11.6 Å². The molecule has 1 aromatic heterocycles. The molecule has 1 heterocycles. The first-order valence-electron chi connectivity index (χ1n) is 8.29. The van der Waals surface area contributed by atoms with Crippen LogP contribution in [0.15, 0.2) is 52.9 Å². The van der Waals surface area contributed by atoms with Gasteiger partial charge >= 0.3 is 0 Å².